The van der Waals surface area contributed by atoms with Gasteiger partial charge in [-0.1, -0.05) is 0 Å². The molecular formula is C19H19F5N4O2. The highest BCUT2D eigenvalue weighted by Crippen LogP contribution is 2.26. The van der Waals surface area contributed by atoms with E-state index in [4.69, 9.17) is 0 Å². The van der Waals surface area contributed by atoms with Crippen molar-refractivity contribution >= 4 is 11.7 Å². The predicted molar refractivity (Wildman–Crippen MR) is 97.2 cm³/mol. The highest BCUT2D eigenvalue weighted by molar-refractivity contribution is 5.84. The quantitative estimate of drug-likeness (QED) is 0.732. The summed E-state index contributed by atoms with van der Waals surface area (Å²) in [6.45, 7) is 1.69. The van der Waals surface area contributed by atoms with Crippen molar-refractivity contribution in [2.75, 3.05) is 18.4 Å². The molecule has 0 aliphatic carbocycles. The summed E-state index contributed by atoms with van der Waals surface area (Å²) in [7, 11) is 0. The van der Waals surface area contributed by atoms with E-state index in [-0.39, 0.29) is 37.4 Å². The summed E-state index contributed by atoms with van der Waals surface area (Å²) in [5.74, 6) is -1.89. The number of carbonyl (C=O) groups is 1. The first-order chi connectivity index (χ1) is 14.1. The van der Waals surface area contributed by atoms with E-state index in [1.165, 1.54) is 36.1 Å². The van der Waals surface area contributed by atoms with Crippen molar-refractivity contribution in [1.29, 1.82) is 0 Å². The second kappa shape index (κ2) is 8.90. The normalized spacial score (nSPS) is 16.4. The minimum absolute atomic E-state index is 0.0502. The van der Waals surface area contributed by atoms with Gasteiger partial charge in [0, 0.05) is 18.7 Å². The predicted octanol–water partition coefficient (Wildman–Crippen LogP) is 3.75. The fraction of sp³-hybridized carbons (Fsp3) is 0.421. The molecule has 2 heterocycles. The molecule has 1 aromatic heterocycles. The summed E-state index contributed by atoms with van der Waals surface area (Å²) in [6, 6.07) is 4.19. The van der Waals surface area contributed by atoms with Crippen LogP contribution in [-0.4, -0.2) is 52.4 Å². The number of aromatic nitrogens is 2. The number of likely N-dealkylation sites (tertiary alicyclic amines) is 1. The summed E-state index contributed by atoms with van der Waals surface area (Å²) in [6.07, 6.45) is -4.49. The van der Waals surface area contributed by atoms with E-state index in [0.717, 1.165) is 6.33 Å². The molecule has 0 bridgehead atoms. The number of piperidine rings is 1. The molecule has 0 spiro atoms. The van der Waals surface area contributed by atoms with Crippen LogP contribution in [0.1, 0.15) is 19.8 Å². The van der Waals surface area contributed by atoms with Gasteiger partial charge in [-0.3, -0.25) is 9.53 Å². The molecule has 6 nitrogen and oxygen atoms in total. The molecule has 162 valence electrons. The lowest BCUT2D eigenvalue weighted by Crippen LogP contribution is -2.47. The Morgan fingerprint density at radius 2 is 1.80 bits per heavy atom. The van der Waals surface area contributed by atoms with E-state index >= 15 is 0 Å². The average molecular weight is 430 g/mol. The number of anilines is 1. The number of rotatable bonds is 5. The van der Waals surface area contributed by atoms with Crippen molar-refractivity contribution in [1.82, 2.24) is 14.9 Å². The third kappa shape index (κ3) is 5.41. The van der Waals surface area contributed by atoms with Crippen LogP contribution in [0.3, 0.4) is 0 Å². The van der Waals surface area contributed by atoms with Gasteiger partial charge in [0.1, 0.15) is 23.9 Å². The van der Waals surface area contributed by atoms with Crippen molar-refractivity contribution in [3.8, 4) is 11.3 Å². The van der Waals surface area contributed by atoms with E-state index < -0.39 is 36.0 Å². The van der Waals surface area contributed by atoms with Crippen LogP contribution >= 0.6 is 0 Å². The summed E-state index contributed by atoms with van der Waals surface area (Å²) in [5, 5.41) is 2.68. The zero-order chi connectivity index (χ0) is 21.9. The Balaban J connectivity index is 1.63. The van der Waals surface area contributed by atoms with Crippen LogP contribution in [0.5, 0.6) is 0 Å². The number of hydrogen-bond donors (Lipinski definition) is 1. The molecule has 0 unspecified atom stereocenters. The lowest BCUT2D eigenvalue weighted by Gasteiger charge is -2.33. The Morgan fingerprint density at radius 3 is 2.40 bits per heavy atom. The van der Waals surface area contributed by atoms with Gasteiger partial charge in [0.05, 0.1) is 6.10 Å². The van der Waals surface area contributed by atoms with Gasteiger partial charge in [-0.2, -0.15) is 0 Å². The number of carbonyl (C=O) groups excluding carboxylic acids is 1. The van der Waals surface area contributed by atoms with Crippen LogP contribution in [0, 0.1) is 11.6 Å². The van der Waals surface area contributed by atoms with Gasteiger partial charge in [-0.05, 0) is 44.0 Å². The first kappa shape index (κ1) is 21.9. The fourth-order valence-corrected chi connectivity index (χ4v) is 3.20. The number of alkyl halides is 3. The van der Waals surface area contributed by atoms with E-state index in [2.05, 4.69) is 20.0 Å². The molecule has 1 aliphatic rings. The Labute approximate surface area is 169 Å². The molecule has 30 heavy (non-hydrogen) atoms. The number of hydrogen-bond acceptors (Lipinski definition) is 5. The Kier molecular flexibility index (Phi) is 6.49. The van der Waals surface area contributed by atoms with Crippen LogP contribution in [0.4, 0.5) is 27.8 Å². The average Bonchev–Trinajstić information content (AvgIpc) is 2.69. The highest BCUT2D eigenvalue weighted by atomic mass is 19.4. The maximum Gasteiger partial charge on any atom is 0.522 e. The van der Waals surface area contributed by atoms with E-state index in [0.29, 0.717) is 5.56 Å². The van der Waals surface area contributed by atoms with Crippen LogP contribution in [0.15, 0.2) is 30.6 Å². The molecule has 1 saturated heterocycles. The molecule has 1 aromatic carbocycles. The van der Waals surface area contributed by atoms with Crippen molar-refractivity contribution in [3.63, 3.8) is 0 Å². The van der Waals surface area contributed by atoms with E-state index in [9.17, 15) is 26.7 Å². The Bertz CT molecular complexity index is 883. The zero-order valence-corrected chi connectivity index (χ0v) is 15.9. The van der Waals surface area contributed by atoms with E-state index in [1.54, 1.807) is 0 Å². The van der Waals surface area contributed by atoms with Crippen LogP contribution in [0.25, 0.3) is 11.3 Å². The second-order valence-corrected chi connectivity index (χ2v) is 6.85. The van der Waals surface area contributed by atoms with Gasteiger partial charge >= 0.3 is 6.36 Å². The van der Waals surface area contributed by atoms with E-state index in [1.807, 2.05) is 0 Å². The number of benzene rings is 1. The molecule has 0 saturated carbocycles. The van der Waals surface area contributed by atoms with Crippen LogP contribution < -0.4 is 5.32 Å². The standard InChI is InChI=1S/C19H19F5N4O2/c1-11(18(29)28-8-6-14(7-9-28)30-19(22,23)24)27-17-15(21)16(25-10-26-17)12-2-4-13(20)5-3-12/h2-5,10-11,14H,6-9H2,1H3,(H,25,26,27)/t11-/m1/s1. The van der Waals surface area contributed by atoms with Crippen molar-refractivity contribution < 1.29 is 31.5 Å². The van der Waals surface area contributed by atoms with Gasteiger partial charge in [0.15, 0.2) is 11.6 Å². The number of nitrogens with zero attached hydrogens (tertiary/aromatic N) is 3. The SMILES string of the molecule is C[C@@H](Nc1ncnc(-c2ccc(F)cc2)c1F)C(=O)N1CCC(OC(F)(F)F)CC1. The van der Waals surface area contributed by atoms with Crippen molar-refractivity contribution in [2.24, 2.45) is 0 Å². The first-order valence-corrected chi connectivity index (χ1v) is 9.20. The summed E-state index contributed by atoms with van der Waals surface area (Å²) >= 11 is 0. The molecule has 3 rings (SSSR count). The summed E-state index contributed by atoms with van der Waals surface area (Å²) in [5.41, 5.74) is 0.280. The minimum atomic E-state index is -4.71. The molecular weight excluding hydrogens is 411 g/mol. The number of ether oxygens (including phenoxy) is 1. The molecule has 1 atom stereocenters. The van der Waals surface area contributed by atoms with Gasteiger partial charge in [0.25, 0.3) is 0 Å². The van der Waals surface area contributed by atoms with Gasteiger partial charge in [-0.15, -0.1) is 13.2 Å². The number of nitrogens with one attached hydrogen (secondary N) is 1. The van der Waals surface area contributed by atoms with Gasteiger partial charge in [-0.25, -0.2) is 18.7 Å². The molecule has 1 N–H and O–H groups in total. The largest absolute Gasteiger partial charge is 0.522 e. The molecule has 1 fully saturated rings. The van der Waals surface area contributed by atoms with Crippen LogP contribution in [-0.2, 0) is 9.53 Å². The molecule has 0 radical (unpaired) electrons. The van der Waals surface area contributed by atoms with Crippen LogP contribution in [0.2, 0.25) is 0 Å². The van der Waals surface area contributed by atoms with Crippen molar-refractivity contribution in [2.45, 2.75) is 38.3 Å². The van der Waals surface area contributed by atoms with Gasteiger partial charge in [0.2, 0.25) is 5.91 Å². The molecule has 2 aromatic rings. The molecule has 1 amide bonds. The third-order valence-corrected chi connectivity index (χ3v) is 4.68. The topological polar surface area (TPSA) is 67.4 Å². The monoisotopic (exact) mass is 430 g/mol. The maximum absolute atomic E-state index is 14.8. The lowest BCUT2D eigenvalue weighted by molar-refractivity contribution is -0.345. The summed E-state index contributed by atoms with van der Waals surface area (Å²) in [4.78, 5) is 21.7. The van der Waals surface area contributed by atoms with Crippen molar-refractivity contribution in [3.05, 3.63) is 42.2 Å². The molecule has 1 aliphatic heterocycles. The Morgan fingerprint density at radius 1 is 1.17 bits per heavy atom. The second-order valence-electron chi connectivity index (χ2n) is 6.85. The lowest BCUT2D eigenvalue weighted by atomic mass is 10.1. The zero-order valence-electron chi connectivity index (χ0n) is 15.9. The summed E-state index contributed by atoms with van der Waals surface area (Å²) < 4.78 is 68.8. The Hall–Kier alpha value is -2.82. The third-order valence-electron chi connectivity index (χ3n) is 4.68. The maximum atomic E-state index is 14.8. The highest BCUT2D eigenvalue weighted by Gasteiger charge is 2.36. The smallest absolute Gasteiger partial charge is 0.356 e. The number of halogens is 5. The number of amides is 1. The first-order valence-electron chi connectivity index (χ1n) is 9.20. The molecule has 11 heteroatoms. The van der Waals surface area contributed by atoms with Gasteiger partial charge < -0.3 is 10.2 Å². The minimum Gasteiger partial charge on any atom is -0.356 e. The fourth-order valence-electron chi connectivity index (χ4n) is 3.20.